The molecule has 0 bridgehead atoms. The van der Waals surface area contributed by atoms with Crippen LogP contribution in [0.1, 0.15) is 0 Å². The molecule has 1 nitrogen and oxygen atoms in total. The standard InChI is InChI=1S/C44H29N/c1-3-14-34(15-4-1)45(35-16-5-2-6-17-35)43-21-11-20-38-39(43)26-27-40-42(38)28-32-13-8-10-19-37(32)44(40)33-25-24-31-23-22-30-12-7-9-18-36(30)41(31)29-33/h1-29H. The van der Waals surface area contributed by atoms with Crippen LogP contribution in [-0.2, 0) is 0 Å². The third-order valence-corrected chi connectivity index (χ3v) is 9.18. The van der Waals surface area contributed by atoms with Gasteiger partial charge in [-0.05, 0) is 102 Å². The maximum atomic E-state index is 2.39. The molecule has 0 amide bonds. The monoisotopic (exact) mass is 571 g/mol. The lowest BCUT2D eigenvalue weighted by Gasteiger charge is -2.27. The zero-order valence-electron chi connectivity index (χ0n) is 24.7. The minimum Gasteiger partial charge on any atom is -0.310 e. The summed E-state index contributed by atoms with van der Waals surface area (Å²) in [6.07, 6.45) is 0. The summed E-state index contributed by atoms with van der Waals surface area (Å²) in [6.45, 7) is 0. The Morgan fingerprint density at radius 3 is 1.62 bits per heavy atom. The second-order valence-electron chi connectivity index (χ2n) is 11.7. The first-order valence-corrected chi connectivity index (χ1v) is 15.5. The zero-order chi connectivity index (χ0) is 29.7. The van der Waals surface area contributed by atoms with Crippen LogP contribution in [0.25, 0.3) is 65.0 Å². The number of fused-ring (bicyclic) bond motifs is 7. The molecule has 0 saturated heterocycles. The van der Waals surface area contributed by atoms with Crippen LogP contribution in [0.2, 0.25) is 0 Å². The third kappa shape index (κ3) is 4.17. The zero-order valence-corrected chi connectivity index (χ0v) is 24.7. The first-order chi connectivity index (χ1) is 22.3. The fourth-order valence-corrected chi connectivity index (χ4v) is 7.13. The van der Waals surface area contributed by atoms with Crippen molar-refractivity contribution in [2.24, 2.45) is 0 Å². The van der Waals surface area contributed by atoms with Crippen molar-refractivity contribution in [2.45, 2.75) is 0 Å². The Bertz CT molecular complexity index is 2490. The molecule has 0 aromatic heterocycles. The average Bonchev–Trinajstić information content (AvgIpc) is 3.11. The minimum absolute atomic E-state index is 1.14. The van der Waals surface area contributed by atoms with Crippen LogP contribution in [0.4, 0.5) is 17.1 Å². The molecule has 0 unspecified atom stereocenters. The first-order valence-electron chi connectivity index (χ1n) is 15.5. The number of nitrogens with zero attached hydrogens (tertiary/aromatic N) is 1. The van der Waals surface area contributed by atoms with E-state index in [0.717, 1.165) is 11.4 Å². The summed E-state index contributed by atoms with van der Waals surface area (Å²) in [7, 11) is 0. The summed E-state index contributed by atoms with van der Waals surface area (Å²) in [4.78, 5) is 2.37. The van der Waals surface area contributed by atoms with Crippen molar-refractivity contribution in [3.8, 4) is 11.1 Å². The van der Waals surface area contributed by atoms with Crippen LogP contribution in [0.3, 0.4) is 0 Å². The van der Waals surface area contributed by atoms with Gasteiger partial charge < -0.3 is 4.90 Å². The molecule has 9 aromatic carbocycles. The molecular formula is C44H29N. The largest absolute Gasteiger partial charge is 0.310 e. The quantitative estimate of drug-likeness (QED) is 0.150. The molecule has 0 heterocycles. The smallest absolute Gasteiger partial charge is 0.0540 e. The Morgan fingerprint density at radius 2 is 0.867 bits per heavy atom. The van der Waals surface area contributed by atoms with Gasteiger partial charge >= 0.3 is 0 Å². The van der Waals surface area contributed by atoms with Crippen molar-refractivity contribution in [3.63, 3.8) is 0 Å². The number of anilines is 3. The van der Waals surface area contributed by atoms with Gasteiger partial charge in [0.1, 0.15) is 0 Å². The van der Waals surface area contributed by atoms with Crippen LogP contribution in [0.15, 0.2) is 176 Å². The van der Waals surface area contributed by atoms with E-state index in [9.17, 15) is 0 Å². The maximum Gasteiger partial charge on any atom is 0.0540 e. The average molecular weight is 572 g/mol. The molecule has 0 radical (unpaired) electrons. The van der Waals surface area contributed by atoms with Crippen molar-refractivity contribution in [1.29, 1.82) is 0 Å². The number of hydrogen-bond acceptors (Lipinski definition) is 1. The summed E-state index contributed by atoms with van der Waals surface area (Å²) in [6, 6.07) is 64.0. The molecule has 9 rings (SSSR count). The third-order valence-electron chi connectivity index (χ3n) is 9.18. The fraction of sp³-hybridized carbons (Fsp3) is 0. The Morgan fingerprint density at radius 1 is 0.289 bits per heavy atom. The van der Waals surface area contributed by atoms with Gasteiger partial charge in [-0.2, -0.15) is 0 Å². The Labute approximate surface area is 262 Å². The van der Waals surface area contributed by atoms with Gasteiger partial charge in [-0.15, -0.1) is 0 Å². The molecule has 0 aliphatic carbocycles. The predicted molar refractivity (Wildman–Crippen MR) is 194 cm³/mol. The summed E-state index contributed by atoms with van der Waals surface area (Å²) < 4.78 is 0. The van der Waals surface area contributed by atoms with Crippen LogP contribution >= 0.6 is 0 Å². The number of rotatable bonds is 4. The number of benzene rings is 9. The van der Waals surface area contributed by atoms with Gasteiger partial charge in [-0.1, -0.05) is 133 Å². The normalized spacial score (nSPS) is 11.6. The lowest BCUT2D eigenvalue weighted by Crippen LogP contribution is -2.10. The van der Waals surface area contributed by atoms with Gasteiger partial charge in [0.15, 0.2) is 0 Å². The second kappa shape index (κ2) is 10.4. The van der Waals surface area contributed by atoms with Crippen LogP contribution in [0, 0.1) is 0 Å². The highest BCUT2D eigenvalue weighted by Crippen LogP contribution is 2.44. The maximum absolute atomic E-state index is 2.39. The van der Waals surface area contributed by atoms with E-state index in [1.807, 2.05) is 0 Å². The molecular weight excluding hydrogens is 542 g/mol. The molecule has 1 heteroatoms. The Balaban J connectivity index is 1.34. The molecule has 0 fully saturated rings. The van der Waals surface area contributed by atoms with Crippen molar-refractivity contribution in [1.82, 2.24) is 0 Å². The molecule has 0 saturated carbocycles. The van der Waals surface area contributed by atoms with Gasteiger partial charge in [0, 0.05) is 16.8 Å². The highest BCUT2D eigenvalue weighted by molar-refractivity contribution is 6.22. The minimum atomic E-state index is 1.14. The molecule has 45 heavy (non-hydrogen) atoms. The fourth-order valence-electron chi connectivity index (χ4n) is 7.13. The molecule has 210 valence electrons. The lowest BCUT2D eigenvalue weighted by molar-refractivity contribution is 1.30. The molecule has 0 spiro atoms. The van der Waals surface area contributed by atoms with E-state index in [-0.39, 0.29) is 0 Å². The highest BCUT2D eigenvalue weighted by atomic mass is 15.1. The van der Waals surface area contributed by atoms with E-state index in [0.29, 0.717) is 0 Å². The van der Waals surface area contributed by atoms with Crippen molar-refractivity contribution in [2.75, 3.05) is 4.90 Å². The Hall–Kier alpha value is -5.92. The van der Waals surface area contributed by atoms with Crippen molar-refractivity contribution >= 4 is 70.9 Å². The van der Waals surface area contributed by atoms with Crippen LogP contribution in [0.5, 0.6) is 0 Å². The van der Waals surface area contributed by atoms with E-state index in [1.165, 1.54) is 70.7 Å². The van der Waals surface area contributed by atoms with Gasteiger partial charge in [-0.3, -0.25) is 0 Å². The van der Waals surface area contributed by atoms with Gasteiger partial charge in [0.05, 0.1) is 5.69 Å². The van der Waals surface area contributed by atoms with E-state index < -0.39 is 0 Å². The predicted octanol–water partition coefficient (Wildman–Crippen LogP) is 12.6. The van der Waals surface area contributed by atoms with E-state index in [4.69, 9.17) is 0 Å². The summed E-state index contributed by atoms with van der Waals surface area (Å²) >= 11 is 0. The summed E-state index contributed by atoms with van der Waals surface area (Å²) in [5, 5.41) is 12.6. The number of hydrogen-bond donors (Lipinski definition) is 0. The molecule has 0 aliphatic heterocycles. The SMILES string of the molecule is c1ccc(N(c2ccccc2)c2cccc3c2ccc2c(-c4ccc5ccc6ccccc6c5c4)c4ccccc4cc23)cc1. The second-order valence-corrected chi connectivity index (χ2v) is 11.7. The highest BCUT2D eigenvalue weighted by Gasteiger charge is 2.18. The molecule has 0 N–H and O–H groups in total. The van der Waals surface area contributed by atoms with E-state index >= 15 is 0 Å². The van der Waals surface area contributed by atoms with Crippen LogP contribution < -0.4 is 4.90 Å². The van der Waals surface area contributed by atoms with Gasteiger partial charge in [0.2, 0.25) is 0 Å². The summed E-state index contributed by atoms with van der Waals surface area (Å²) in [5.41, 5.74) is 5.97. The first kappa shape index (κ1) is 25.6. The van der Waals surface area contributed by atoms with Crippen molar-refractivity contribution in [3.05, 3.63) is 176 Å². The topological polar surface area (TPSA) is 3.24 Å². The summed E-state index contributed by atoms with van der Waals surface area (Å²) in [5.74, 6) is 0. The number of para-hydroxylation sites is 2. The molecule has 0 atom stereocenters. The van der Waals surface area contributed by atoms with E-state index in [2.05, 4.69) is 181 Å². The van der Waals surface area contributed by atoms with Gasteiger partial charge in [-0.25, -0.2) is 0 Å². The van der Waals surface area contributed by atoms with Gasteiger partial charge in [0.25, 0.3) is 0 Å². The molecule has 9 aromatic rings. The Kier molecular flexibility index (Phi) is 5.89. The lowest BCUT2D eigenvalue weighted by atomic mass is 9.88. The van der Waals surface area contributed by atoms with Crippen LogP contribution in [-0.4, -0.2) is 0 Å². The molecule has 0 aliphatic rings. The van der Waals surface area contributed by atoms with E-state index in [1.54, 1.807) is 0 Å². The van der Waals surface area contributed by atoms with Crippen molar-refractivity contribution < 1.29 is 0 Å².